The van der Waals surface area contributed by atoms with Gasteiger partial charge in [-0.3, -0.25) is 0 Å². The van der Waals surface area contributed by atoms with E-state index in [0.29, 0.717) is 10.2 Å². The third kappa shape index (κ3) is 2.95. The van der Waals surface area contributed by atoms with Crippen molar-refractivity contribution in [3.8, 4) is 0 Å². The second-order valence-electron chi connectivity index (χ2n) is 2.85. The molecule has 0 aliphatic rings. The predicted molar refractivity (Wildman–Crippen MR) is 52.7 cm³/mol. The Morgan fingerprint density at radius 2 is 1.93 bits per heavy atom. The molecule has 0 spiro atoms. The van der Waals surface area contributed by atoms with Gasteiger partial charge in [0.25, 0.3) is 0 Å². The first-order valence-electron chi connectivity index (χ1n) is 3.83. The largest absolute Gasteiger partial charge is 1.00 e. The minimum atomic E-state index is -4.95. The van der Waals surface area contributed by atoms with Crippen molar-refractivity contribution >= 4 is 39.1 Å². The Morgan fingerprint density at radius 3 is 2.53 bits per heavy atom. The van der Waals surface area contributed by atoms with E-state index in [0.717, 1.165) is 12.1 Å². The van der Waals surface area contributed by atoms with Gasteiger partial charge in [-0.05, 0) is 6.07 Å². The zero-order valence-electron chi connectivity index (χ0n) is 7.88. The quantitative estimate of drug-likeness (QED) is 0.660. The Kier molecular flexibility index (Phi) is 4.24. The van der Waals surface area contributed by atoms with Crippen molar-refractivity contribution in [1.29, 1.82) is 0 Å². The number of fused-ring (bicyclic) bond motifs is 1. The summed E-state index contributed by atoms with van der Waals surface area (Å²) in [6.45, 7) is -4.95. The van der Waals surface area contributed by atoms with Crippen molar-refractivity contribution in [1.82, 2.24) is 4.98 Å². The molecule has 2 nitrogen and oxygen atoms in total. The number of hydrogen-bond donors (Lipinski definition) is 1. The van der Waals surface area contributed by atoms with Crippen LogP contribution in [0.5, 0.6) is 0 Å². The van der Waals surface area contributed by atoms with Gasteiger partial charge in [0.2, 0.25) is 0 Å². The van der Waals surface area contributed by atoms with E-state index in [-0.39, 0.29) is 56.5 Å². The molecule has 1 aromatic carbocycles. The van der Waals surface area contributed by atoms with Crippen LogP contribution in [0.25, 0.3) is 10.2 Å². The number of halogens is 3. The fourth-order valence-electron chi connectivity index (χ4n) is 1.17. The van der Waals surface area contributed by atoms with Crippen LogP contribution in [0.3, 0.4) is 0 Å². The van der Waals surface area contributed by atoms with Crippen LogP contribution in [0, 0.1) is 0 Å². The third-order valence-corrected chi connectivity index (χ3v) is 2.67. The van der Waals surface area contributed by atoms with E-state index in [1.807, 2.05) is 0 Å². The number of anilines is 1. The number of benzene rings is 1. The molecule has 0 atom stereocenters. The van der Waals surface area contributed by atoms with Crippen LogP contribution in [0.1, 0.15) is 0 Å². The van der Waals surface area contributed by atoms with Crippen molar-refractivity contribution in [3.05, 3.63) is 18.2 Å². The van der Waals surface area contributed by atoms with E-state index in [1.54, 1.807) is 0 Å². The van der Waals surface area contributed by atoms with Gasteiger partial charge in [0.1, 0.15) is 0 Å². The fourth-order valence-corrected chi connectivity index (χ4v) is 1.88. The van der Waals surface area contributed by atoms with Gasteiger partial charge >= 0.3 is 58.4 Å². The Labute approximate surface area is 131 Å². The van der Waals surface area contributed by atoms with E-state index < -0.39 is 12.4 Å². The molecule has 0 fully saturated rings. The van der Waals surface area contributed by atoms with Gasteiger partial charge in [0.15, 0.2) is 5.13 Å². The molecule has 8 heteroatoms. The number of nitrogen functional groups attached to an aromatic ring is 1. The second kappa shape index (κ2) is 4.72. The van der Waals surface area contributed by atoms with Gasteiger partial charge in [0, 0.05) is 0 Å². The number of nitrogens with zero attached hydrogens (tertiary/aromatic N) is 1. The van der Waals surface area contributed by atoms with E-state index in [9.17, 15) is 12.9 Å². The number of rotatable bonds is 1. The number of hydrogen-bond acceptors (Lipinski definition) is 3. The van der Waals surface area contributed by atoms with Crippen molar-refractivity contribution in [2.75, 3.05) is 5.73 Å². The minimum absolute atomic E-state index is 0. The van der Waals surface area contributed by atoms with Crippen molar-refractivity contribution in [2.45, 2.75) is 0 Å². The van der Waals surface area contributed by atoms with Crippen LogP contribution in [-0.2, 0) is 0 Å². The van der Waals surface area contributed by atoms with Crippen LogP contribution in [-0.4, -0.2) is 12.0 Å². The number of nitrogens with two attached hydrogens (primary N) is 1. The van der Waals surface area contributed by atoms with Crippen molar-refractivity contribution in [2.24, 2.45) is 0 Å². The molecule has 1 heterocycles. The van der Waals surface area contributed by atoms with Gasteiger partial charge in [-0.15, -0.1) is 5.46 Å². The van der Waals surface area contributed by atoms with E-state index in [2.05, 4.69) is 4.98 Å². The third-order valence-electron chi connectivity index (χ3n) is 1.81. The Morgan fingerprint density at radius 1 is 1.27 bits per heavy atom. The number of thiazole rings is 1. The fraction of sp³-hybridized carbons (Fsp3) is 0. The number of aromatic nitrogens is 1. The van der Waals surface area contributed by atoms with E-state index in [4.69, 9.17) is 5.73 Å². The van der Waals surface area contributed by atoms with Crippen LogP contribution in [0.15, 0.2) is 18.2 Å². The van der Waals surface area contributed by atoms with Gasteiger partial charge < -0.3 is 18.7 Å². The standard InChI is InChI=1S/C7H5BF3N2S.K/c9-8(10,11)4-1-2-6-5(3-4)13-7(12)14-6;/h1-3H,(H2,12,13);/q-1;+1. The molecule has 2 rings (SSSR count). The summed E-state index contributed by atoms with van der Waals surface area (Å²) in [5.74, 6) is 0. The Balaban J connectivity index is 0.00000112. The summed E-state index contributed by atoms with van der Waals surface area (Å²) in [6.07, 6.45) is 0. The molecule has 1 aromatic heterocycles. The first-order chi connectivity index (χ1) is 6.47. The summed E-state index contributed by atoms with van der Waals surface area (Å²) in [5.41, 5.74) is 5.05. The van der Waals surface area contributed by atoms with Crippen LogP contribution in [0.2, 0.25) is 0 Å². The molecule has 0 aliphatic heterocycles. The molecule has 0 saturated heterocycles. The van der Waals surface area contributed by atoms with Gasteiger partial charge in [0.05, 0.1) is 10.2 Å². The Hall–Kier alpha value is 0.401. The maximum Gasteiger partial charge on any atom is 1.00 e. The van der Waals surface area contributed by atoms with Crippen molar-refractivity contribution < 1.29 is 64.3 Å². The van der Waals surface area contributed by atoms with Gasteiger partial charge in [-0.25, -0.2) is 4.98 Å². The second-order valence-corrected chi connectivity index (χ2v) is 3.92. The Bertz CT molecular complexity index is 485. The minimum Gasteiger partial charge on any atom is -0.445 e. The monoisotopic (exact) mass is 256 g/mol. The maximum atomic E-state index is 12.3. The normalized spacial score (nSPS) is 11.4. The summed E-state index contributed by atoms with van der Waals surface area (Å²) in [6, 6.07) is 3.48. The summed E-state index contributed by atoms with van der Waals surface area (Å²) < 4.78 is 37.7. The van der Waals surface area contributed by atoms with Crippen LogP contribution in [0.4, 0.5) is 18.1 Å². The molecule has 0 aliphatic carbocycles. The van der Waals surface area contributed by atoms with Crippen LogP contribution >= 0.6 is 11.3 Å². The molecule has 0 amide bonds. The predicted octanol–water partition coefficient (Wildman–Crippen LogP) is -1.06. The molecule has 2 aromatic rings. The molecule has 2 N–H and O–H groups in total. The molecule has 74 valence electrons. The average molecular weight is 256 g/mol. The molecule has 0 radical (unpaired) electrons. The molecule has 0 unspecified atom stereocenters. The maximum absolute atomic E-state index is 12.3. The SMILES string of the molecule is Nc1nc2cc([B-](F)(F)F)ccc2s1.[K+]. The molecule has 0 saturated carbocycles. The topological polar surface area (TPSA) is 38.9 Å². The zero-order chi connectivity index (χ0) is 10.3. The van der Waals surface area contributed by atoms with E-state index in [1.165, 1.54) is 17.4 Å². The first kappa shape index (κ1) is 13.5. The molecule has 15 heavy (non-hydrogen) atoms. The van der Waals surface area contributed by atoms with E-state index >= 15 is 0 Å². The summed E-state index contributed by atoms with van der Waals surface area (Å²) >= 11 is 1.18. The molecular weight excluding hydrogens is 251 g/mol. The smallest absolute Gasteiger partial charge is 0.445 e. The summed E-state index contributed by atoms with van der Waals surface area (Å²) in [7, 11) is 0. The van der Waals surface area contributed by atoms with Crippen LogP contribution < -0.4 is 62.6 Å². The molecular formula is C7H5BF3KN2S. The summed E-state index contributed by atoms with van der Waals surface area (Å²) in [4.78, 5) is 3.79. The first-order valence-corrected chi connectivity index (χ1v) is 4.64. The van der Waals surface area contributed by atoms with Gasteiger partial charge in [-0.1, -0.05) is 23.5 Å². The van der Waals surface area contributed by atoms with Gasteiger partial charge in [-0.2, -0.15) is 0 Å². The molecule has 0 bridgehead atoms. The summed E-state index contributed by atoms with van der Waals surface area (Å²) in [5, 5.41) is 0.284. The zero-order valence-corrected chi connectivity index (χ0v) is 11.8. The van der Waals surface area contributed by atoms with Crippen molar-refractivity contribution in [3.63, 3.8) is 0 Å². The average Bonchev–Trinajstić information content (AvgIpc) is 2.41.